The van der Waals surface area contributed by atoms with E-state index in [4.69, 9.17) is 14.0 Å². The molecule has 1 saturated heterocycles. The summed E-state index contributed by atoms with van der Waals surface area (Å²) in [6.45, 7) is 7.96. The molecule has 2 aliphatic heterocycles. The fourth-order valence-corrected chi connectivity index (χ4v) is 2.33. The molecule has 5 nitrogen and oxygen atoms in total. The molecule has 112 valence electrons. The van der Waals surface area contributed by atoms with Crippen LogP contribution in [0.25, 0.3) is 0 Å². The number of halogens is 1. The molecule has 3 rings (SSSR count). The van der Waals surface area contributed by atoms with Crippen molar-refractivity contribution in [1.29, 1.82) is 0 Å². The molecule has 7 heteroatoms. The molecule has 0 atom stereocenters. The first-order chi connectivity index (χ1) is 9.69. The zero-order chi connectivity index (χ0) is 15.4. The number of hydrogen-bond donors (Lipinski definition) is 1. The van der Waals surface area contributed by atoms with E-state index in [1.165, 1.54) is 6.07 Å². The average molecular weight is 293 g/mol. The third-order valence-electron chi connectivity index (χ3n) is 4.29. The number of carbonyl (C=O) groups excluding carboxylic acids is 1. The minimum Gasteiger partial charge on any atom is -0.407 e. The van der Waals surface area contributed by atoms with Crippen LogP contribution in [0.1, 0.15) is 33.3 Å². The molecule has 1 fully saturated rings. The highest BCUT2D eigenvalue weighted by molar-refractivity contribution is 6.62. The van der Waals surface area contributed by atoms with E-state index >= 15 is 0 Å². The van der Waals surface area contributed by atoms with Crippen LogP contribution in [-0.2, 0) is 15.9 Å². The molecular formula is C14H17BFNO4. The summed E-state index contributed by atoms with van der Waals surface area (Å²) in [5, 5.41) is 2.51. The first-order valence-electron chi connectivity index (χ1n) is 6.83. The molecule has 0 unspecified atom stereocenters. The molecule has 0 bridgehead atoms. The Hall–Kier alpha value is -1.60. The third kappa shape index (κ3) is 2.30. The maximum absolute atomic E-state index is 14.1. The Kier molecular flexibility index (Phi) is 3.04. The number of rotatable bonds is 1. The second-order valence-corrected chi connectivity index (χ2v) is 6.32. The van der Waals surface area contributed by atoms with Crippen LogP contribution in [0.4, 0.5) is 9.18 Å². The predicted octanol–water partition coefficient (Wildman–Crippen LogP) is 1.73. The van der Waals surface area contributed by atoms with Gasteiger partial charge in [-0.1, -0.05) is 6.07 Å². The monoisotopic (exact) mass is 293 g/mol. The van der Waals surface area contributed by atoms with Gasteiger partial charge in [0, 0.05) is 12.1 Å². The van der Waals surface area contributed by atoms with E-state index in [0.29, 0.717) is 11.0 Å². The molecule has 21 heavy (non-hydrogen) atoms. The van der Waals surface area contributed by atoms with Crippen LogP contribution in [0.3, 0.4) is 0 Å². The number of carbonyl (C=O) groups is 1. The van der Waals surface area contributed by atoms with Crippen molar-refractivity contribution in [2.24, 2.45) is 0 Å². The lowest BCUT2D eigenvalue weighted by Gasteiger charge is -2.32. The van der Waals surface area contributed by atoms with E-state index in [-0.39, 0.29) is 12.3 Å². The lowest BCUT2D eigenvalue weighted by Crippen LogP contribution is -2.41. The first kappa shape index (κ1) is 14.3. The number of hydrogen-bond acceptors (Lipinski definition) is 4. The van der Waals surface area contributed by atoms with Gasteiger partial charge in [-0.15, -0.1) is 0 Å². The average Bonchev–Trinajstić information content (AvgIpc) is 2.59. The summed E-state index contributed by atoms with van der Waals surface area (Å²) in [6, 6.07) is 3.03. The smallest absolute Gasteiger partial charge is 0.407 e. The van der Waals surface area contributed by atoms with E-state index in [2.05, 4.69) is 5.32 Å². The lowest BCUT2D eigenvalue weighted by atomic mass is 9.78. The largest absolute Gasteiger partial charge is 0.494 e. The van der Waals surface area contributed by atoms with Crippen molar-refractivity contribution in [2.75, 3.05) is 0 Å². The minimum atomic E-state index is -0.648. The summed E-state index contributed by atoms with van der Waals surface area (Å²) in [5.41, 5.74) is 0.160. The highest BCUT2D eigenvalue weighted by atomic mass is 19.1. The molecule has 0 saturated carbocycles. The standard InChI is InChI=1S/C14H17BFNO4/c1-13(2)14(3,4)21-15(20-13)9-5-8-7-17-12(18)19-11(8)10(16)6-9/h5-6H,7H2,1-4H3,(H,17,18). The van der Waals surface area contributed by atoms with Crippen LogP contribution in [0.5, 0.6) is 5.75 Å². The maximum Gasteiger partial charge on any atom is 0.494 e. The quantitative estimate of drug-likeness (QED) is 0.801. The summed E-state index contributed by atoms with van der Waals surface area (Å²) < 4.78 is 30.8. The van der Waals surface area contributed by atoms with Gasteiger partial charge in [0.2, 0.25) is 0 Å². The van der Waals surface area contributed by atoms with Gasteiger partial charge in [0.1, 0.15) is 0 Å². The summed E-state index contributed by atoms with van der Waals surface area (Å²) >= 11 is 0. The molecule has 1 amide bonds. The van der Waals surface area contributed by atoms with Crippen molar-refractivity contribution < 1.29 is 23.2 Å². The van der Waals surface area contributed by atoms with Gasteiger partial charge in [0.15, 0.2) is 11.6 Å². The van der Waals surface area contributed by atoms with E-state index in [1.54, 1.807) is 6.07 Å². The zero-order valence-electron chi connectivity index (χ0n) is 12.5. The molecule has 1 aromatic rings. The lowest BCUT2D eigenvalue weighted by molar-refractivity contribution is 0.00578. The van der Waals surface area contributed by atoms with Gasteiger partial charge in [0.05, 0.1) is 11.2 Å². The van der Waals surface area contributed by atoms with E-state index in [1.807, 2.05) is 27.7 Å². The molecule has 2 heterocycles. The second-order valence-electron chi connectivity index (χ2n) is 6.32. The summed E-state index contributed by atoms with van der Waals surface area (Å²) in [6.07, 6.45) is -0.648. The first-order valence-corrected chi connectivity index (χ1v) is 6.83. The van der Waals surface area contributed by atoms with Crippen molar-refractivity contribution in [3.63, 3.8) is 0 Å². The van der Waals surface area contributed by atoms with E-state index < -0.39 is 30.2 Å². The number of nitrogens with one attached hydrogen (secondary N) is 1. The van der Waals surface area contributed by atoms with Crippen molar-refractivity contribution in [3.8, 4) is 5.75 Å². The Morgan fingerprint density at radius 3 is 2.43 bits per heavy atom. The van der Waals surface area contributed by atoms with E-state index in [9.17, 15) is 9.18 Å². The Balaban J connectivity index is 1.95. The Morgan fingerprint density at radius 2 is 1.81 bits per heavy atom. The molecule has 0 aliphatic carbocycles. The van der Waals surface area contributed by atoms with Gasteiger partial charge >= 0.3 is 13.2 Å². The van der Waals surface area contributed by atoms with Crippen LogP contribution in [0.15, 0.2) is 12.1 Å². The van der Waals surface area contributed by atoms with Crippen molar-refractivity contribution in [3.05, 3.63) is 23.5 Å². The summed E-state index contributed by atoms with van der Waals surface area (Å²) in [7, 11) is -0.646. The molecular weight excluding hydrogens is 276 g/mol. The molecule has 0 spiro atoms. The molecule has 0 aromatic heterocycles. The van der Waals surface area contributed by atoms with Gasteiger partial charge in [-0.3, -0.25) is 0 Å². The van der Waals surface area contributed by atoms with Crippen LogP contribution in [-0.4, -0.2) is 24.4 Å². The van der Waals surface area contributed by atoms with E-state index in [0.717, 1.165) is 0 Å². The SMILES string of the molecule is CC1(C)OB(c2cc(F)c3c(c2)CNC(=O)O3)OC1(C)C. The van der Waals surface area contributed by atoms with Gasteiger partial charge in [0.25, 0.3) is 0 Å². The molecule has 2 aliphatic rings. The van der Waals surface area contributed by atoms with Crippen molar-refractivity contribution >= 4 is 18.7 Å². The van der Waals surface area contributed by atoms with Gasteiger partial charge in [-0.25, -0.2) is 9.18 Å². The topological polar surface area (TPSA) is 56.8 Å². The number of fused-ring (bicyclic) bond motifs is 1. The summed E-state index contributed by atoms with van der Waals surface area (Å²) in [5.74, 6) is -0.619. The number of amides is 1. The summed E-state index contributed by atoms with van der Waals surface area (Å²) in [4.78, 5) is 11.1. The van der Waals surface area contributed by atoms with Gasteiger partial charge in [-0.2, -0.15) is 0 Å². The van der Waals surface area contributed by atoms with Crippen LogP contribution in [0.2, 0.25) is 0 Å². The number of ether oxygens (including phenoxy) is 1. The third-order valence-corrected chi connectivity index (χ3v) is 4.29. The fraction of sp³-hybridized carbons (Fsp3) is 0.500. The Labute approximate surface area is 122 Å². The Morgan fingerprint density at radius 1 is 1.19 bits per heavy atom. The normalized spacial score (nSPS) is 22.5. The Bertz CT molecular complexity index is 601. The molecule has 1 N–H and O–H groups in total. The van der Waals surface area contributed by atoms with Gasteiger partial charge in [-0.05, 0) is 39.2 Å². The second kappa shape index (κ2) is 4.45. The number of benzene rings is 1. The maximum atomic E-state index is 14.1. The zero-order valence-corrected chi connectivity index (χ0v) is 12.5. The predicted molar refractivity (Wildman–Crippen MR) is 75.0 cm³/mol. The highest BCUT2D eigenvalue weighted by Crippen LogP contribution is 2.37. The van der Waals surface area contributed by atoms with Crippen LogP contribution >= 0.6 is 0 Å². The fourth-order valence-electron chi connectivity index (χ4n) is 2.33. The van der Waals surface area contributed by atoms with Crippen molar-refractivity contribution in [1.82, 2.24) is 5.32 Å². The van der Waals surface area contributed by atoms with Crippen molar-refractivity contribution in [2.45, 2.75) is 45.4 Å². The van der Waals surface area contributed by atoms with Gasteiger partial charge < -0.3 is 19.4 Å². The minimum absolute atomic E-state index is 0.0287. The molecule has 1 aromatic carbocycles. The van der Waals surface area contributed by atoms with Crippen LogP contribution in [0, 0.1) is 5.82 Å². The molecule has 0 radical (unpaired) electrons. The van der Waals surface area contributed by atoms with Crippen LogP contribution < -0.4 is 15.5 Å². The highest BCUT2D eigenvalue weighted by Gasteiger charge is 2.52.